The Hall–Kier alpha value is -2.38. The Labute approximate surface area is 161 Å². The summed E-state index contributed by atoms with van der Waals surface area (Å²) in [6.45, 7) is 7.57. The zero-order valence-corrected chi connectivity index (χ0v) is 16.9. The third-order valence-electron chi connectivity index (χ3n) is 3.83. The number of carbonyl (C=O) groups excluding carboxylic acids is 1. The predicted molar refractivity (Wildman–Crippen MR) is 107 cm³/mol. The van der Waals surface area contributed by atoms with Crippen molar-refractivity contribution >= 4 is 21.6 Å². The summed E-state index contributed by atoms with van der Waals surface area (Å²) in [7, 11) is -3.66. The Morgan fingerprint density at radius 3 is 2.37 bits per heavy atom. The molecule has 0 saturated heterocycles. The minimum absolute atomic E-state index is 0.0183. The third kappa shape index (κ3) is 6.08. The summed E-state index contributed by atoms with van der Waals surface area (Å²) in [6.07, 6.45) is 0.0183. The summed E-state index contributed by atoms with van der Waals surface area (Å²) < 4.78 is 33.0. The number of nitrogens with zero attached hydrogens (tertiary/aromatic N) is 1. The minimum atomic E-state index is -3.66. The fourth-order valence-electron chi connectivity index (χ4n) is 2.61. The van der Waals surface area contributed by atoms with Crippen LogP contribution in [0.1, 0.15) is 26.3 Å². The van der Waals surface area contributed by atoms with Crippen molar-refractivity contribution < 1.29 is 17.9 Å². The Bertz CT molecular complexity index is 877. The molecule has 0 atom stereocenters. The highest BCUT2D eigenvalue weighted by Gasteiger charge is 2.16. The molecule has 2 aromatic carbocycles. The first-order valence-electron chi connectivity index (χ1n) is 8.80. The van der Waals surface area contributed by atoms with Crippen LogP contribution < -0.4 is 14.4 Å². The monoisotopic (exact) mass is 390 g/mol. The van der Waals surface area contributed by atoms with Crippen LogP contribution in [0.15, 0.2) is 53.4 Å². The van der Waals surface area contributed by atoms with Gasteiger partial charge in [-0.15, -0.1) is 0 Å². The maximum absolute atomic E-state index is 12.5. The van der Waals surface area contributed by atoms with Crippen LogP contribution in [0.5, 0.6) is 5.75 Å². The number of amides is 1. The average molecular weight is 391 g/mol. The van der Waals surface area contributed by atoms with E-state index in [2.05, 4.69) is 4.72 Å². The number of nitrogens with one attached hydrogen (secondary N) is 1. The molecule has 27 heavy (non-hydrogen) atoms. The van der Waals surface area contributed by atoms with E-state index >= 15 is 0 Å². The van der Waals surface area contributed by atoms with E-state index < -0.39 is 10.0 Å². The van der Waals surface area contributed by atoms with Crippen LogP contribution >= 0.6 is 0 Å². The predicted octanol–water partition coefficient (Wildman–Crippen LogP) is 3.11. The summed E-state index contributed by atoms with van der Waals surface area (Å²) in [6, 6.07) is 13.8. The van der Waals surface area contributed by atoms with Crippen LogP contribution in [0.4, 0.5) is 5.69 Å². The molecule has 6 nitrogen and oxygen atoms in total. The van der Waals surface area contributed by atoms with Crippen LogP contribution in [-0.4, -0.2) is 33.5 Å². The van der Waals surface area contributed by atoms with E-state index in [9.17, 15) is 13.2 Å². The highest BCUT2D eigenvalue weighted by Crippen LogP contribution is 2.18. The van der Waals surface area contributed by atoms with Crippen LogP contribution in [0, 0.1) is 6.92 Å². The second kappa shape index (κ2) is 9.01. The Morgan fingerprint density at radius 1 is 1.15 bits per heavy atom. The Morgan fingerprint density at radius 2 is 1.81 bits per heavy atom. The molecule has 2 rings (SSSR count). The average Bonchev–Trinajstić information content (AvgIpc) is 2.58. The quantitative estimate of drug-likeness (QED) is 0.751. The SMILES string of the molecule is CC(=O)N(CCNS(=O)(=O)c1ccc(OC(C)C)cc1)c1cccc(C)c1. The summed E-state index contributed by atoms with van der Waals surface area (Å²) in [4.78, 5) is 13.6. The first-order valence-corrected chi connectivity index (χ1v) is 10.3. The highest BCUT2D eigenvalue weighted by atomic mass is 32.2. The maximum atomic E-state index is 12.5. The van der Waals surface area contributed by atoms with Gasteiger partial charge in [0.1, 0.15) is 5.75 Å². The number of hydrogen-bond acceptors (Lipinski definition) is 4. The molecule has 0 unspecified atom stereocenters. The van der Waals surface area contributed by atoms with Gasteiger partial charge in [-0.2, -0.15) is 0 Å². The van der Waals surface area contributed by atoms with Crippen molar-refractivity contribution in [3.05, 3.63) is 54.1 Å². The van der Waals surface area contributed by atoms with E-state index in [1.54, 1.807) is 17.0 Å². The van der Waals surface area contributed by atoms with Crippen LogP contribution in [0.25, 0.3) is 0 Å². The van der Waals surface area contributed by atoms with E-state index in [1.807, 2.05) is 45.0 Å². The molecule has 0 aliphatic rings. The first kappa shape index (κ1) is 20.9. The van der Waals surface area contributed by atoms with Gasteiger partial charge in [-0.25, -0.2) is 13.1 Å². The molecule has 0 heterocycles. The number of ether oxygens (including phenoxy) is 1. The molecule has 0 radical (unpaired) electrons. The van der Waals surface area contributed by atoms with Gasteiger partial charge in [-0.05, 0) is 62.7 Å². The molecule has 2 aromatic rings. The lowest BCUT2D eigenvalue weighted by Crippen LogP contribution is -2.37. The van der Waals surface area contributed by atoms with Crippen molar-refractivity contribution in [3.8, 4) is 5.75 Å². The van der Waals surface area contributed by atoms with E-state index in [0.717, 1.165) is 11.3 Å². The van der Waals surface area contributed by atoms with Crippen molar-refractivity contribution in [2.75, 3.05) is 18.0 Å². The van der Waals surface area contributed by atoms with Crippen LogP contribution in [-0.2, 0) is 14.8 Å². The number of hydrogen-bond donors (Lipinski definition) is 1. The van der Waals surface area contributed by atoms with Crippen molar-refractivity contribution in [2.24, 2.45) is 0 Å². The van der Waals surface area contributed by atoms with Crippen LogP contribution in [0.2, 0.25) is 0 Å². The molecule has 0 aromatic heterocycles. The van der Waals surface area contributed by atoms with E-state index in [-0.39, 0.29) is 30.0 Å². The lowest BCUT2D eigenvalue weighted by molar-refractivity contribution is -0.116. The number of anilines is 1. The number of benzene rings is 2. The highest BCUT2D eigenvalue weighted by molar-refractivity contribution is 7.89. The van der Waals surface area contributed by atoms with Gasteiger partial charge < -0.3 is 9.64 Å². The number of aryl methyl sites for hydroxylation is 1. The topological polar surface area (TPSA) is 75.7 Å². The molecule has 0 aliphatic carbocycles. The molecule has 7 heteroatoms. The molecule has 0 bridgehead atoms. The lowest BCUT2D eigenvalue weighted by atomic mass is 10.2. The number of carbonyl (C=O) groups is 1. The Balaban J connectivity index is 2.02. The normalized spacial score (nSPS) is 11.4. The molecule has 0 saturated carbocycles. The number of sulfonamides is 1. The standard InChI is InChI=1S/C20H26N2O4S/c1-15(2)26-19-8-10-20(11-9-19)27(24,25)21-12-13-22(17(4)23)18-7-5-6-16(3)14-18/h5-11,14-15,21H,12-13H2,1-4H3. The molecule has 146 valence electrons. The summed E-state index contributed by atoms with van der Waals surface area (Å²) in [5.74, 6) is 0.473. The Kier molecular flexibility index (Phi) is 6.98. The van der Waals surface area contributed by atoms with Crippen molar-refractivity contribution in [3.63, 3.8) is 0 Å². The van der Waals surface area contributed by atoms with Gasteiger partial charge in [0.05, 0.1) is 11.0 Å². The van der Waals surface area contributed by atoms with E-state index in [4.69, 9.17) is 4.74 Å². The van der Waals surface area contributed by atoms with Crippen molar-refractivity contribution in [1.82, 2.24) is 4.72 Å². The largest absolute Gasteiger partial charge is 0.491 e. The lowest BCUT2D eigenvalue weighted by Gasteiger charge is -2.22. The first-order chi connectivity index (χ1) is 12.7. The third-order valence-corrected chi connectivity index (χ3v) is 5.30. The zero-order chi connectivity index (χ0) is 20.0. The fourth-order valence-corrected chi connectivity index (χ4v) is 3.63. The fraction of sp³-hybridized carbons (Fsp3) is 0.350. The second-order valence-corrected chi connectivity index (χ2v) is 8.31. The maximum Gasteiger partial charge on any atom is 0.240 e. The van der Waals surface area contributed by atoms with Crippen LogP contribution in [0.3, 0.4) is 0 Å². The van der Waals surface area contributed by atoms with Gasteiger partial charge in [0.15, 0.2) is 0 Å². The molecule has 0 fully saturated rings. The van der Waals surface area contributed by atoms with Gasteiger partial charge in [-0.3, -0.25) is 4.79 Å². The van der Waals surface area contributed by atoms with Crippen molar-refractivity contribution in [2.45, 2.75) is 38.7 Å². The summed E-state index contributed by atoms with van der Waals surface area (Å²) in [5.41, 5.74) is 1.78. The molecular weight excluding hydrogens is 364 g/mol. The summed E-state index contributed by atoms with van der Waals surface area (Å²) >= 11 is 0. The van der Waals surface area contributed by atoms with Gasteiger partial charge in [0.2, 0.25) is 15.9 Å². The number of rotatable bonds is 8. The van der Waals surface area contributed by atoms with E-state index in [0.29, 0.717) is 5.75 Å². The van der Waals surface area contributed by atoms with Crippen molar-refractivity contribution in [1.29, 1.82) is 0 Å². The molecule has 1 amide bonds. The second-order valence-electron chi connectivity index (χ2n) is 6.55. The zero-order valence-electron chi connectivity index (χ0n) is 16.1. The molecule has 0 spiro atoms. The molecule has 1 N–H and O–H groups in total. The van der Waals surface area contributed by atoms with Gasteiger partial charge in [0.25, 0.3) is 0 Å². The van der Waals surface area contributed by atoms with Gasteiger partial charge in [0, 0.05) is 25.7 Å². The van der Waals surface area contributed by atoms with Gasteiger partial charge in [-0.1, -0.05) is 12.1 Å². The minimum Gasteiger partial charge on any atom is -0.491 e. The molecular formula is C20H26N2O4S. The van der Waals surface area contributed by atoms with Gasteiger partial charge >= 0.3 is 0 Å². The molecule has 0 aliphatic heterocycles. The smallest absolute Gasteiger partial charge is 0.240 e. The van der Waals surface area contributed by atoms with E-state index in [1.165, 1.54) is 19.1 Å². The summed E-state index contributed by atoms with van der Waals surface area (Å²) in [5, 5.41) is 0.